The summed E-state index contributed by atoms with van der Waals surface area (Å²) in [4.78, 5) is 16.1. The minimum atomic E-state index is -0.423. The summed E-state index contributed by atoms with van der Waals surface area (Å²) < 4.78 is 12.0. The largest absolute Gasteiger partial charge is 0.496 e. The first-order valence-corrected chi connectivity index (χ1v) is 9.52. The van der Waals surface area contributed by atoms with Crippen LogP contribution in [0, 0.1) is 13.8 Å². The van der Waals surface area contributed by atoms with Crippen LogP contribution in [0.25, 0.3) is 0 Å². The zero-order valence-corrected chi connectivity index (χ0v) is 18.3. The Hall–Kier alpha value is -3.03. The van der Waals surface area contributed by atoms with Gasteiger partial charge in [0, 0.05) is 32.4 Å². The number of carbonyl (C=O) groups excluding carboxylic acids is 1. The Morgan fingerprint density at radius 1 is 1.31 bits per heavy atom. The van der Waals surface area contributed by atoms with Gasteiger partial charge in [-0.15, -0.1) is 0 Å². The van der Waals surface area contributed by atoms with Crippen LogP contribution >= 0.6 is 0 Å². The molecule has 1 heterocycles. The van der Waals surface area contributed by atoms with E-state index in [2.05, 4.69) is 34.6 Å². The molecule has 0 aliphatic heterocycles. The van der Waals surface area contributed by atoms with Crippen LogP contribution in [0.1, 0.15) is 39.8 Å². The average Bonchev–Trinajstić information content (AvgIpc) is 2.96. The summed E-state index contributed by atoms with van der Waals surface area (Å²) in [5, 5.41) is 11.2. The van der Waals surface area contributed by atoms with Gasteiger partial charge in [-0.05, 0) is 50.5 Å². The predicted octanol–water partition coefficient (Wildman–Crippen LogP) is 2.13. The Balaban J connectivity index is 1.99. The molecule has 0 spiro atoms. The first kappa shape index (κ1) is 22.3. The molecule has 158 valence electrons. The van der Waals surface area contributed by atoms with Crippen molar-refractivity contribution in [3.8, 4) is 5.75 Å². The van der Waals surface area contributed by atoms with Gasteiger partial charge in [-0.25, -0.2) is 4.79 Å². The van der Waals surface area contributed by atoms with E-state index in [1.807, 2.05) is 30.8 Å². The Bertz CT molecular complexity index is 889. The van der Waals surface area contributed by atoms with E-state index in [1.54, 1.807) is 13.1 Å². The Kier molecular flexibility index (Phi) is 7.64. The third-order valence-electron chi connectivity index (χ3n) is 4.91. The van der Waals surface area contributed by atoms with Crippen molar-refractivity contribution in [2.75, 3.05) is 21.3 Å². The second kappa shape index (κ2) is 9.95. The number of carbonyl (C=O) groups is 1. The molecule has 2 rings (SSSR count). The molecule has 1 aromatic heterocycles. The van der Waals surface area contributed by atoms with E-state index in [1.165, 1.54) is 25.5 Å². The Morgan fingerprint density at radius 2 is 2.03 bits per heavy atom. The fourth-order valence-electron chi connectivity index (χ4n) is 3.21. The number of methoxy groups -OCH3 is 2. The number of esters is 1. The van der Waals surface area contributed by atoms with Gasteiger partial charge < -0.3 is 20.1 Å². The van der Waals surface area contributed by atoms with Crippen LogP contribution in [-0.4, -0.2) is 49.0 Å². The lowest BCUT2D eigenvalue weighted by Gasteiger charge is -2.18. The van der Waals surface area contributed by atoms with Gasteiger partial charge in [-0.1, -0.05) is 6.07 Å². The molecule has 0 aliphatic rings. The van der Waals surface area contributed by atoms with Crippen molar-refractivity contribution in [3.63, 3.8) is 0 Å². The quantitative estimate of drug-likeness (QED) is 0.420. The molecule has 2 N–H and O–H groups in total. The van der Waals surface area contributed by atoms with Crippen LogP contribution in [0.3, 0.4) is 0 Å². The van der Waals surface area contributed by atoms with Crippen LogP contribution in [0.2, 0.25) is 0 Å². The Morgan fingerprint density at radius 3 is 2.59 bits per heavy atom. The average molecular weight is 402 g/mol. The van der Waals surface area contributed by atoms with Gasteiger partial charge in [0.1, 0.15) is 11.3 Å². The van der Waals surface area contributed by atoms with Gasteiger partial charge in [0.05, 0.1) is 19.9 Å². The summed E-state index contributed by atoms with van der Waals surface area (Å²) >= 11 is 0. The third kappa shape index (κ3) is 5.49. The normalized spacial score (nSPS) is 12.4. The highest BCUT2D eigenvalue weighted by molar-refractivity contribution is 5.92. The number of guanidine groups is 1. The number of hydrogen-bond donors (Lipinski definition) is 2. The van der Waals surface area contributed by atoms with E-state index < -0.39 is 5.97 Å². The summed E-state index contributed by atoms with van der Waals surface area (Å²) in [6, 6.07) is 5.56. The molecule has 0 aliphatic carbocycles. The molecule has 0 bridgehead atoms. The number of rotatable bonds is 7. The Labute approximate surface area is 172 Å². The maximum atomic E-state index is 11.8. The summed E-state index contributed by atoms with van der Waals surface area (Å²) in [7, 11) is 6.58. The number of aryl methyl sites for hydroxylation is 2. The monoisotopic (exact) mass is 401 g/mol. The topological polar surface area (TPSA) is 89.8 Å². The number of nitrogens with zero attached hydrogens (tertiary/aromatic N) is 3. The van der Waals surface area contributed by atoms with Gasteiger partial charge in [0.2, 0.25) is 0 Å². The van der Waals surface area contributed by atoms with E-state index in [0.29, 0.717) is 23.8 Å². The van der Waals surface area contributed by atoms with E-state index in [4.69, 9.17) is 9.47 Å². The molecule has 0 saturated heterocycles. The molecule has 0 fully saturated rings. The van der Waals surface area contributed by atoms with Crippen molar-refractivity contribution in [2.45, 2.75) is 39.8 Å². The second-order valence-corrected chi connectivity index (χ2v) is 6.97. The standard InChI is InChI=1S/C21H31N5O3/c1-13(10-18-14(2)25-26(5)15(18)3)24-21(22-4)23-12-16-8-9-17(20(27)29-7)19(11-16)28-6/h8-9,11,13H,10,12H2,1-7H3,(H2,22,23,24). The minimum Gasteiger partial charge on any atom is -0.496 e. The number of aromatic nitrogens is 2. The van der Waals surface area contributed by atoms with Gasteiger partial charge in [0.25, 0.3) is 0 Å². The molecule has 0 radical (unpaired) electrons. The highest BCUT2D eigenvalue weighted by Crippen LogP contribution is 2.21. The van der Waals surface area contributed by atoms with Crippen molar-refractivity contribution >= 4 is 11.9 Å². The highest BCUT2D eigenvalue weighted by Gasteiger charge is 2.15. The number of hydrogen-bond acceptors (Lipinski definition) is 5. The zero-order valence-electron chi connectivity index (χ0n) is 18.3. The molecular weight excluding hydrogens is 370 g/mol. The number of ether oxygens (including phenoxy) is 2. The van der Waals surface area contributed by atoms with Gasteiger partial charge in [0.15, 0.2) is 5.96 Å². The first-order chi connectivity index (χ1) is 13.8. The number of aliphatic imine (C=N–C) groups is 1. The molecule has 1 aromatic carbocycles. The van der Waals surface area contributed by atoms with Crippen LogP contribution in [0.4, 0.5) is 0 Å². The summed E-state index contributed by atoms with van der Waals surface area (Å²) in [5.41, 5.74) is 4.85. The molecule has 8 nitrogen and oxygen atoms in total. The fraction of sp³-hybridized carbons (Fsp3) is 0.476. The highest BCUT2D eigenvalue weighted by atomic mass is 16.5. The van der Waals surface area contributed by atoms with Crippen molar-refractivity contribution in [2.24, 2.45) is 12.0 Å². The zero-order chi connectivity index (χ0) is 21.6. The molecule has 0 saturated carbocycles. The van der Waals surface area contributed by atoms with Gasteiger partial charge in [-0.2, -0.15) is 5.10 Å². The maximum absolute atomic E-state index is 11.8. The van der Waals surface area contributed by atoms with E-state index in [9.17, 15) is 4.79 Å². The van der Waals surface area contributed by atoms with E-state index in [0.717, 1.165) is 17.7 Å². The lowest BCUT2D eigenvalue weighted by atomic mass is 10.1. The molecule has 29 heavy (non-hydrogen) atoms. The van der Waals surface area contributed by atoms with Crippen molar-refractivity contribution in [3.05, 3.63) is 46.3 Å². The molecule has 2 aromatic rings. The van der Waals surface area contributed by atoms with Crippen LogP contribution < -0.4 is 15.4 Å². The van der Waals surface area contributed by atoms with Gasteiger partial charge >= 0.3 is 5.97 Å². The molecular formula is C21H31N5O3. The fourth-order valence-corrected chi connectivity index (χ4v) is 3.21. The van der Waals surface area contributed by atoms with E-state index in [-0.39, 0.29) is 6.04 Å². The summed E-state index contributed by atoms with van der Waals surface area (Å²) in [6.45, 7) is 6.77. The lowest BCUT2D eigenvalue weighted by molar-refractivity contribution is 0.0597. The minimum absolute atomic E-state index is 0.180. The smallest absolute Gasteiger partial charge is 0.341 e. The summed E-state index contributed by atoms with van der Waals surface area (Å²) in [5.74, 6) is 0.761. The van der Waals surface area contributed by atoms with Crippen LogP contribution in [0.5, 0.6) is 5.75 Å². The van der Waals surface area contributed by atoms with Crippen LogP contribution in [0.15, 0.2) is 23.2 Å². The number of nitrogens with one attached hydrogen (secondary N) is 2. The number of benzene rings is 1. The van der Waals surface area contributed by atoms with Crippen molar-refractivity contribution in [1.29, 1.82) is 0 Å². The van der Waals surface area contributed by atoms with Crippen molar-refractivity contribution < 1.29 is 14.3 Å². The molecule has 0 amide bonds. The maximum Gasteiger partial charge on any atom is 0.341 e. The molecule has 8 heteroatoms. The summed E-state index contributed by atoms with van der Waals surface area (Å²) in [6.07, 6.45) is 0.855. The van der Waals surface area contributed by atoms with Crippen LogP contribution in [-0.2, 0) is 24.8 Å². The third-order valence-corrected chi connectivity index (χ3v) is 4.91. The predicted molar refractivity (Wildman–Crippen MR) is 114 cm³/mol. The SMILES string of the molecule is CN=C(NCc1ccc(C(=O)OC)c(OC)c1)NC(C)Cc1c(C)nn(C)c1C. The first-order valence-electron chi connectivity index (χ1n) is 9.52. The van der Waals surface area contributed by atoms with Crippen molar-refractivity contribution in [1.82, 2.24) is 20.4 Å². The molecule has 1 atom stereocenters. The van der Waals surface area contributed by atoms with E-state index >= 15 is 0 Å². The molecule has 1 unspecified atom stereocenters. The van der Waals surface area contributed by atoms with Gasteiger partial charge in [-0.3, -0.25) is 9.67 Å². The second-order valence-electron chi connectivity index (χ2n) is 6.97. The lowest BCUT2D eigenvalue weighted by Crippen LogP contribution is -2.42.